The Balaban J connectivity index is 2.05. The van der Waals surface area contributed by atoms with E-state index in [1.54, 1.807) is 4.57 Å². The van der Waals surface area contributed by atoms with Crippen LogP contribution in [0.3, 0.4) is 0 Å². The molecule has 1 saturated carbocycles. The molecule has 1 fully saturated rings. The number of nitrogen functional groups attached to an aromatic ring is 1. The van der Waals surface area contributed by atoms with Gasteiger partial charge in [0, 0.05) is 25.2 Å². The highest BCUT2D eigenvalue weighted by molar-refractivity contribution is 5.70. The highest BCUT2D eigenvalue weighted by Gasteiger charge is 2.41. The van der Waals surface area contributed by atoms with Crippen LogP contribution in [0, 0.1) is 11.8 Å². The van der Waals surface area contributed by atoms with Gasteiger partial charge in [0.1, 0.15) is 0 Å². The van der Waals surface area contributed by atoms with Crippen molar-refractivity contribution in [3.05, 3.63) is 16.7 Å². The molecule has 0 amide bonds. The monoisotopic (exact) mass is 265 g/mol. The van der Waals surface area contributed by atoms with Crippen molar-refractivity contribution in [1.82, 2.24) is 19.5 Å². The van der Waals surface area contributed by atoms with Gasteiger partial charge in [0.2, 0.25) is 5.95 Å². The zero-order valence-corrected chi connectivity index (χ0v) is 10.2. The van der Waals surface area contributed by atoms with Crippen molar-refractivity contribution in [2.75, 3.05) is 18.9 Å². The van der Waals surface area contributed by atoms with Crippen LogP contribution in [0.1, 0.15) is 12.5 Å². The van der Waals surface area contributed by atoms with E-state index in [9.17, 15) is 15.0 Å². The van der Waals surface area contributed by atoms with Crippen molar-refractivity contribution in [1.29, 1.82) is 0 Å². The van der Waals surface area contributed by atoms with Crippen molar-refractivity contribution in [2.24, 2.45) is 11.8 Å². The Morgan fingerprint density at radius 3 is 2.95 bits per heavy atom. The van der Waals surface area contributed by atoms with Crippen molar-refractivity contribution in [3.8, 4) is 0 Å². The van der Waals surface area contributed by atoms with Crippen molar-refractivity contribution in [2.45, 2.75) is 12.5 Å². The highest BCUT2D eigenvalue weighted by Crippen LogP contribution is 2.44. The smallest absolute Gasteiger partial charge is 0.280 e. The number of aromatic amines is 1. The van der Waals surface area contributed by atoms with E-state index in [0.29, 0.717) is 5.65 Å². The van der Waals surface area contributed by atoms with Gasteiger partial charge in [0.25, 0.3) is 5.56 Å². The number of rotatable bonds is 3. The summed E-state index contributed by atoms with van der Waals surface area (Å²) in [4.78, 5) is 22.2. The first-order valence-electron chi connectivity index (χ1n) is 6.09. The molecule has 0 radical (unpaired) electrons. The number of nitrogens with zero attached hydrogens (tertiary/aromatic N) is 3. The third-order valence-electron chi connectivity index (χ3n) is 3.90. The van der Waals surface area contributed by atoms with E-state index in [-0.39, 0.29) is 48.1 Å². The van der Waals surface area contributed by atoms with E-state index in [1.807, 2.05) is 0 Å². The predicted octanol–water partition coefficient (Wildman–Crippen LogP) is -1.14. The Labute approximate surface area is 107 Å². The lowest BCUT2D eigenvalue weighted by molar-refractivity contribution is -0.00528. The maximum absolute atomic E-state index is 11.7. The lowest BCUT2D eigenvalue weighted by atomic mass is 9.70. The van der Waals surface area contributed by atoms with Crippen LogP contribution in [0.2, 0.25) is 0 Å². The Bertz CT molecular complexity index is 664. The molecule has 1 aliphatic rings. The molecule has 8 heteroatoms. The molecular formula is C11H15N5O3. The minimum atomic E-state index is -0.375. The molecule has 8 nitrogen and oxygen atoms in total. The van der Waals surface area contributed by atoms with Crippen LogP contribution in [-0.4, -0.2) is 42.9 Å². The van der Waals surface area contributed by atoms with E-state index >= 15 is 0 Å². The van der Waals surface area contributed by atoms with Crippen LogP contribution in [0.4, 0.5) is 5.95 Å². The summed E-state index contributed by atoms with van der Waals surface area (Å²) in [6, 6.07) is -0.0131. The Morgan fingerprint density at radius 2 is 2.26 bits per heavy atom. The number of nitrogens with one attached hydrogen (secondary N) is 1. The zero-order chi connectivity index (χ0) is 13.6. The van der Waals surface area contributed by atoms with Gasteiger partial charge >= 0.3 is 0 Å². The van der Waals surface area contributed by atoms with E-state index in [0.717, 1.165) is 6.42 Å². The number of anilines is 1. The van der Waals surface area contributed by atoms with Gasteiger partial charge in [-0.3, -0.25) is 9.78 Å². The number of aliphatic hydroxyl groups is 2. The summed E-state index contributed by atoms with van der Waals surface area (Å²) in [6.45, 7) is 0.0265. The maximum Gasteiger partial charge on any atom is 0.280 e. The Kier molecular flexibility index (Phi) is 2.76. The molecule has 0 saturated heterocycles. The van der Waals surface area contributed by atoms with Gasteiger partial charge in [-0.1, -0.05) is 0 Å². The molecule has 1 aliphatic carbocycles. The zero-order valence-electron chi connectivity index (χ0n) is 10.2. The number of fused-ring (bicyclic) bond motifs is 1. The molecule has 5 N–H and O–H groups in total. The molecule has 2 aromatic rings. The number of imidazole rings is 1. The topological polar surface area (TPSA) is 130 Å². The van der Waals surface area contributed by atoms with Crippen LogP contribution < -0.4 is 11.3 Å². The molecule has 19 heavy (non-hydrogen) atoms. The molecule has 0 unspecified atom stereocenters. The summed E-state index contributed by atoms with van der Waals surface area (Å²) in [5, 5.41) is 18.6. The molecular weight excluding hydrogens is 250 g/mol. The second kappa shape index (κ2) is 4.32. The van der Waals surface area contributed by atoms with Crippen LogP contribution in [0.15, 0.2) is 11.1 Å². The molecule has 0 spiro atoms. The van der Waals surface area contributed by atoms with Crippen LogP contribution in [0.25, 0.3) is 11.2 Å². The van der Waals surface area contributed by atoms with Gasteiger partial charge < -0.3 is 20.5 Å². The van der Waals surface area contributed by atoms with Gasteiger partial charge in [-0.2, -0.15) is 4.98 Å². The average Bonchev–Trinajstić information content (AvgIpc) is 2.73. The molecule has 2 aromatic heterocycles. The van der Waals surface area contributed by atoms with E-state index in [4.69, 9.17) is 5.73 Å². The third kappa shape index (κ3) is 1.71. The lowest BCUT2D eigenvalue weighted by Gasteiger charge is -2.43. The van der Waals surface area contributed by atoms with E-state index in [2.05, 4.69) is 15.0 Å². The minimum absolute atomic E-state index is 0.0131. The number of nitrogens with two attached hydrogens (primary N) is 1. The second-order valence-electron chi connectivity index (χ2n) is 4.87. The molecule has 0 bridgehead atoms. The van der Waals surface area contributed by atoms with E-state index < -0.39 is 0 Å². The van der Waals surface area contributed by atoms with E-state index in [1.165, 1.54) is 6.33 Å². The van der Waals surface area contributed by atoms with Crippen LogP contribution >= 0.6 is 0 Å². The summed E-state index contributed by atoms with van der Waals surface area (Å²) in [6.07, 6.45) is 2.26. The van der Waals surface area contributed by atoms with Crippen LogP contribution in [-0.2, 0) is 0 Å². The third-order valence-corrected chi connectivity index (χ3v) is 3.90. The van der Waals surface area contributed by atoms with Gasteiger partial charge in [-0.05, 0) is 12.3 Å². The molecule has 102 valence electrons. The molecule has 0 aromatic carbocycles. The Hall–Kier alpha value is -1.93. The first-order valence-corrected chi connectivity index (χ1v) is 6.09. The summed E-state index contributed by atoms with van der Waals surface area (Å²) >= 11 is 0. The standard InChI is InChI=1S/C11H15N5O3/c12-11-14-9-8(10(19)15-11)13-4-16(9)7-1-5(2-17)6(7)3-18/h4-7,17-18H,1-3H2,(H3,12,14,15,19)/t5-,6-,7+/m1/s1. The summed E-state index contributed by atoms with van der Waals surface area (Å²) in [5.41, 5.74) is 5.81. The quantitative estimate of drug-likeness (QED) is 0.555. The lowest BCUT2D eigenvalue weighted by Crippen LogP contribution is -2.42. The number of aliphatic hydroxyl groups excluding tert-OH is 2. The Morgan fingerprint density at radius 1 is 1.47 bits per heavy atom. The largest absolute Gasteiger partial charge is 0.396 e. The normalized spacial score (nSPS) is 26.5. The van der Waals surface area contributed by atoms with Gasteiger partial charge in [0.15, 0.2) is 11.2 Å². The fourth-order valence-corrected chi connectivity index (χ4v) is 2.76. The molecule has 2 heterocycles. The average molecular weight is 265 g/mol. The summed E-state index contributed by atoms with van der Waals surface area (Å²) < 4.78 is 1.76. The van der Waals surface area contributed by atoms with Gasteiger partial charge in [0.05, 0.1) is 6.33 Å². The first-order chi connectivity index (χ1) is 9.15. The summed E-state index contributed by atoms with van der Waals surface area (Å²) in [7, 11) is 0. The summed E-state index contributed by atoms with van der Waals surface area (Å²) in [5.74, 6) is 0.0642. The molecule has 0 aliphatic heterocycles. The maximum atomic E-state index is 11.7. The fourth-order valence-electron chi connectivity index (χ4n) is 2.76. The number of H-pyrrole nitrogens is 1. The number of hydrogen-bond donors (Lipinski definition) is 4. The molecule has 3 atom stereocenters. The minimum Gasteiger partial charge on any atom is -0.396 e. The number of aromatic nitrogens is 4. The van der Waals surface area contributed by atoms with Crippen molar-refractivity contribution in [3.63, 3.8) is 0 Å². The predicted molar refractivity (Wildman–Crippen MR) is 67.4 cm³/mol. The van der Waals surface area contributed by atoms with Crippen molar-refractivity contribution >= 4 is 17.1 Å². The first kappa shape index (κ1) is 12.1. The van der Waals surface area contributed by atoms with Gasteiger partial charge in [-0.15, -0.1) is 0 Å². The highest BCUT2D eigenvalue weighted by atomic mass is 16.3. The fraction of sp³-hybridized carbons (Fsp3) is 0.545. The molecule has 3 rings (SSSR count). The number of hydrogen-bond acceptors (Lipinski definition) is 6. The second-order valence-corrected chi connectivity index (χ2v) is 4.87. The van der Waals surface area contributed by atoms with Crippen LogP contribution in [0.5, 0.6) is 0 Å². The van der Waals surface area contributed by atoms with Gasteiger partial charge in [-0.25, -0.2) is 4.98 Å². The SMILES string of the molecule is Nc1nc2c(ncn2[C@H]2C[C@H](CO)[C@H]2CO)c(=O)[nH]1. The van der Waals surface area contributed by atoms with Crippen molar-refractivity contribution < 1.29 is 10.2 Å².